The van der Waals surface area contributed by atoms with Gasteiger partial charge in [0.05, 0.1) is 5.25 Å². The summed E-state index contributed by atoms with van der Waals surface area (Å²) in [5.41, 5.74) is 0. The summed E-state index contributed by atoms with van der Waals surface area (Å²) >= 11 is 0.470. The van der Waals surface area contributed by atoms with Gasteiger partial charge >= 0.3 is 0 Å². The SMILES string of the molecule is FSC1CCNC1. The maximum atomic E-state index is 11.6. The molecule has 0 radical (unpaired) electrons. The molecule has 1 unspecified atom stereocenters. The van der Waals surface area contributed by atoms with E-state index in [2.05, 4.69) is 5.32 Å². The van der Waals surface area contributed by atoms with Crippen LogP contribution in [0.2, 0.25) is 0 Å². The highest BCUT2D eigenvalue weighted by atomic mass is 32.2. The van der Waals surface area contributed by atoms with Gasteiger partial charge in [0, 0.05) is 18.7 Å². The van der Waals surface area contributed by atoms with Crippen molar-refractivity contribution in [2.75, 3.05) is 13.1 Å². The number of hydrogen-bond acceptors (Lipinski definition) is 2. The zero-order valence-corrected chi connectivity index (χ0v) is 4.80. The first-order valence-electron chi connectivity index (χ1n) is 2.41. The van der Waals surface area contributed by atoms with Crippen LogP contribution in [-0.2, 0) is 0 Å². The van der Waals surface area contributed by atoms with Crippen LogP contribution in [-0.4, -0.2) is 18.3 Å². The molecule has 0 aromatic heterocycles. The maximum absolute atomic E-state index is 11.6. The minimum absolute atomic E-state index is 0.236. The van der Waals surface area contributed by atoms with Crippen LogP contribution in [0, 0.1) is 0 Å². The zero-order valence-electron chi connectivity index (χ0n) is 3.98. The topological polar surface area (TPSA) is 12.0 Å². The highest BCUT2D eigenvalue weighted by molar-refractivity contribution is 7.94. The average Bonchev–Trinajstić information content (AvgIpc) is 2.14. The van der Waals surface area contributed by atoms with Crippen LogP contribution < -0.4 is 5.32 Å². The maximum Gasteiger partial charge on any atom is 0.0500 e. The Labute approximate surface area is 47.0 Å². The van der Waals surface area contributed by atoms with E-state index in [9.17, 15) is 3.89 Å². The van der Waals surface area contributed by atoms with E-state index in [1.165, 1.54) is 0 Å². The first-order chi connectivity index (χ1) is 3.43. The molecule has 3 heteroatoms. The largest absolute Gasteiger partial charge is 0.315 e. The molecule has 1 aliphatic heterocycles. The van der Waals surface area contributed by atoms with Crippen LogP contribution in [0.3, 0.4) is 0 Å². The number of nitrogens with one attached hydrogen (secondary N) is 1. The van der Waals surface area contributed by atoms with Gasteiger partial charge < -0.3 is 5.32 Å². The fourth-order valence-electron chi connectivity index (χ4n) is 0.704. The van der Waals surface area contributed by atoms with Crippen molar-refractivity contribution in [2.24, 2.45) is 0 Å². The summed E-state index contributed by atoms with van der Waals surface area (Å²) in [5, 5.41) is 3.30. The van der Waals surface area contributed by atoms with Crippen molar-refractivity contribution in [1.82, 2.24) is 5.32 Å². The predicted molar refractivity (Wildman–Crippen MR) is 30.0 cm³/mol. The lowest BCUT2D eigenvalue weighted by Crippen LogP contribution is -2.08. The summed E-state index contributed by atoms with van der Waals surface area (Å²) < 4.78 is 11.6. The summed E-state index contributed by atoms with van der Waals surface area (Å²) in [6.45, 7) is 1.84. The van der Waals surface area contributed by atoms with Crippen LogP contribution >= 0.6 is 12.1 Å². The Hall–Kier alpha value is 0.240. The fraction of sp³-hybridized carbons (Fsp3) is 1.00. The first-order valence-corrected chi connectivity index (χ1v) is 3.19. The van der Waals surface area contributed by atoms with Crippen molar-refractivity contribution in [3.05, 3.63) is 0 Å². The number of hydrogen-bond donors (Lipinski definition) is 1. The molecule has 1 saturated heterocycles. The van der Waals surface area contributed by atoms with Crippen molar-refractivity contribution in [3.8, 4) is 0 Å². The quantitative estimate of drug-likeness (QED) is 0.554. The first kappa shape index (κ1) is 5.38. The summed E-state index contributed by atoms with van der Waals surface area (Å²) in [4.78, 5) is 0. The Morgan fingerprint density at radius 3 is 2.86 bits per heavy atom. The molecule has 1 heterocycles. The lowest BCUT2D eigenvalue weighted by Gasteiger charge is -1.94. The van der Waals surface area contributed by atoms with Crippen molar-refractivity contribution in [2.45, 2.75) is 11.7 Å². The summed E-state index contributed by atoms with van der Waals surface area (Å²) in [7, 11) is 0. The van der Waals surface area contributed by atoms with Gasteiger partial charge in [-0.15, -0.1) is 0 Å². The molecule has 1 nitrogen and oxygen atoms in total. The molecule has 7 heavy (non-hydrogen) atoms. The molecule has 0 aromatic rings. The third-order valence-electron chi connectivity index (χ3n) is 1.14. The molecule has 42 valence electrons. The van der Waals surface area contributed by atoms with Crippen LogP contribution in [0.5, 0.6) is 0 Å². The van der Waals surface area contributed by atoms with E-state index in [0.717, 1.165) is 19.5 Å². The highest BCUT2D eigenvalue weighted by Gasteiger charge is 2.13. The Balaban J connectivity index is 2.14. The molecule has 0 bridgehead atoms. The van der Waals surface area contributed by atoms with Gasteiger partial charge in [0.2, 0.25) is 0 Å². The summed E-state index contributed by atoms with van der Waals surface area (Å²) in [6, 6.07) is 0. The number of halogens is 1. The zero-order chi connectivity index (χ0) is 5.11. The van der Waals surface area contributed by atoms with Crippen LogP contribution in [0.25, 0.3) is 0 Å². The Kier molecular flexibility index (Phi) is 1.94. The molecule has 1 N–H and O–H groups in total. The van der Waals surface area contributed by atoms with Crippen molar-refractivity contribution < 1.29 is 3.89 Å². The molecule has 0 aliphatic carbocycles. The van der Waals surface area contributed by atoms with Crippen molar-refractivity contribution in [1.29, 1.82) is 0 Å². The van der Waals surface area contributed by atoms with Gasteiger partial charge in [0.1, 0.15) is 0 Å². The van der Waals surface area contributed by atoms with Gasteiger partial charge in [-0.05, 0) is 13.0 Å². The van der Waals surface area contributed by atoms with E-state index >= 15 is 0 Å². The lowest BCUT2D eigenvalue weighted by molar-refractivity contribution is 0.850. The van der Waals surface area contributed by atoms with Gasteiger partial charge in [-0.3, -0.25) is 0 Å². The van der Waals surface area contributed by atoms with E-state index in [1.807, 2.05) is 0 Å². The minimum Gasteiger partial charge on any atom is -0.315 e. The number of rotatable bonds is 1. The lowest BCUT2D eigenvalue weighted by atomic mass is 10.4. The van der Waals surface area contributed by atoms with E-state index in [4.69, 9.17) is 0 Å². The summed E-state index contributed by atoms with van der Waals surface area (Å²) in [6.07, 6.45) is 0.987. The van der Waals surface area contributed by atoms with Crippen LogP contribution in [0.4, 0.5) is 3.89 Å². The predicted octanol–water partition coefficient (Wildman–Crippen LogP) is 0.966. The summed E-state index contributed by atoms with van der Waals surface area (Å²) in [5.74, 6) is 0. The van der Waals surface area contributed by atoms with Gasteiger partial charge in [0.25, 0.3) is 0 Å². The second kappa shape index (κ2) is 2.52. The molecular formula is C4H8FNS. The molecule has 1 atom stereocenters. The van der Waals surface area contributed by atoms with Gasteiger partial charge in [0.15, 0.2) is 0 Å². The standard InChI is InChI=1S/C4H8FNS/c5-7-4-1-2-6-3-4/h4,6H,1-3H2. The van der Waals surface area contributed by atoms with Gasteiger partial charge in [-0.2, -0.15) is 3.89 Å². The third kappa shape index (κ3) is 1.31. The van der Waals surface area contributed by atoms with Gasteiger partial charge in [-0.1, -0.05) is 0 Å². The molecule has 1 rings (SSSR count). The van der Waals surface area contributed by atoms with E-state index < -0.39 is 0 Å². The second-order valence-electron chi connectivity index (χ2n) is 1.70. The molecule has 1 aliphatic rings. The Bertz CT molecular complexity index is 53.7. The smallest absolute Gasteiger partial charge is 0.0500 e. The molecule has 0 aromatic carbocycles. The van der Waals surface area contributed by atoms with E-state index in [-0.39, 0.29) is 5.25 Å². The normalized spacial score (nSPS) is 31.3. The molecule has 1 fully saturated rings. The second-order valence-corrected chi connectivity index (χ2v) is 2.55. The molecule has 0 amide bonds. The highest BCUT2D eigenvalue weighted by Crippen LogP contribution is 2.16. The Morgan fingerprint density at radius 2 is 2.57 bits per heavy atom. The van der Waals surface area contributed by atoms with Crippen LogP contribution in [0.15, 0.2) is 0 Å². The van der Waals surface area contributed by atoms with Crippen LogP contribution in [0.1, 0.15) is 6.42 Å². The monoisotopic (exact) mass is 121 g/mol. The van der Waals surface area contributed by atoms with E-state index in [1.54, 1.807) is 0 Å². The van der Waals surface area contributed by atoms with E-state index in [0.29, 0.717) is 12.1 Å². The van der Waals surface area contributed by atoms with Crippen molar-refractivity contribution >= 4 is 12.1 Å². The Morgan fingerprint density at radius 1 is 1.71 bits per heavy atom. The third-order valence-corrected chi connectivity index (χ3v) is 1.80. The minimum atomic E-state index is 0.236. The molecular weight excluding hydrogens is 113 g/mol. The van der Waals surface area contributed by atoms with Crippen molar-refractivity contribution in [3.63, 3.8) is 0 Å². The fourth-order valence-corrected chi connectivity index (χ4v) is 1.09. The average molecular weight is 121 g/mol. The van der Waals surface area contributed by atoms with Gasteiger partial charge in [-0.25, -0.2) is 0 Å². The molecule has 0 spiro atoms. The molecule has 0 saturated carbocycles.